The zero-order valence-electron chi connectivity index (χ0n) is 20.3. The van der Waals surface area contributed by atoms with E-state index in [9.17, 15) is 9.90 Å². The summed E-state index contributed by atoms with van der Waals surface area (Å²) in [5, 5.41) is 10.3. The number of ether oxygens (including phenoxy) is 5. The fraction of sp³-hybridized carbons (Fsp3) is 0.300. The first-order valence-electron chi connectivity index (χ1n) is 12.3. The van der Waals surface area contributed by atoms with E-state index in [4.69, 9.17) is 23.7 Å². The van der Waals surface area contributed by atoms with Gasteiger partial charge in [0.2, 0.25) is 5.79 Å². The molecule has 2 aliphatic heterocycles. The SMILES string of the molecule is O=CC1=C[C@@H](O)O[C@]12O[C@H](COCc1ccccc1)[C@@H](OCc1ccccc1)[C@H]2OCc1ccccc1. The quantitative estimate of drug-likeness (QED) is 0.398. The first-order chi connectivity index (χ1) is 18.2. The standard InChI is InChI=1S/C30H30O7/c31-17-25-16-27(32)37-30(25)29(35-20-24-14-8-3-9-15-24)28(34-19-23-12-6-2-7-13-23)26(36-30)21-33-18-22-10-4-1-5-11-22/h1-17,26-29,32H,18-21H2/t26-,27+,28-,29-,30-/m1/s1. The Morgan fingerprint density at radius 2 is 1.30 bits per heavy atom. The Labute approximate surface area is 216 Å². The van der Waals surface area contributed by atoms with E-state index in [-0.39, 0.29) is 18.8 Å². The van der Waals surface area contributed by atoms with E-state index in [1.54, 1.807) is 0 Å². The molecule has 7 heteroatoms. The zero-order valence-corrected chi connectivity index (χ0v) is 20.3. The summed E-state index contributed by atoms with van der Waals surface area (Å²) >= 11 is 0. The average molecular weight is 503 g/mol. The molecule has 3 aromatic rings. The molecule has 0 saturated carbocycles. The Kier molecular flexibility index (Phi) is 8.21. The topological polar surface area (TPSA) is 83.5 Å². The van der Waals surface area contributed by atoms with Crippen molar-refractivity contribution in [1.29, 1.82) is 0 Å². The van der Waals surface area contributed by atoms with E-state index in [1.807, 2.05) is 91.0 Å². The average Bonchev–Trinajstić information content (AvgIpc) is 3.42. The molecule has 1 N–H and O–H groups in total. The van der Waals surface area contributed by atoms with Gasteiger partial charge in [-0.1, -0.05) is 91.0 Å². The molecule has 37 heavy (non-hydrogen) atoms. The van der Waals surface area contributed by atoms with Crippen molar-refractivity contribution in [3.05, 3.63) is 119 Å². The minimum atomic E-state index is -1.61. The van der Waals surface area contributed by atoms with Crippen LogP contribution in [0.4, 0.5) is 0 Å². The summed E-state index contributed by atoms with van der Waals surface area (Å²) < 4.78 is 31.0. The van der Waals surface area contributed by atoms with Gasteiger partial charge in [-0.25, -0.2) is 0 Å². The van der Waals surface area contributed by atoms with Crippen LogP contribution in [0.1, 0.15) is 16.7 Å². The molecule has 0 aromatic heterocycles. The lowest BCUT2D eigenvalue weighted by atomic mass is 9.98. The maximum Gasteiger partial charge on any atom is 0.230 e. The third kappa shape index (κ3) is 5.88. The van der Waals surface area contributed by atoms with Crippen LogP contribution >= 0.6 is 0 Å². The number of hydrogen-bond donors (Lipinski definition) is 1. The molecule has 7 nitrogen and oxygen atoms in total. The summed E-state index contributed by atoms with van der Waals surface area (Å²) in [6.45, 7) is 1.10. The highest BCUT2D eigenvalue weighted by Gasteiger charge is 2.62. The van der Waals surface area contributed by atoms with Crippen molar-refractivity contribution in [3.8, 4) is 0 Å². The van der Waals surface area contributed by atoms with Gasteiger partial charge in [-0.3, -0.25) is 4.79 Å². The molecule has 0 amide bonds. The van der Waals surface area contributed by atoms with Crippen LogP contribution in [-0.4, -0.2) is 48.4 Å². The van der Waals surface area contributed by atoms with E-state index < -0.39 is 30.4 Å². The summed E-state index contributed by atoms with van der Waals surface area (Å²) in [6.07, 6.45) is -1.43. The molecule has 192 valence electrons. The van der Waals surface area contributed by atoms with E-state index in [0.29, 0.717) is 19.5 Å². The van der Waals surface area contributed by atoms with Gasteiger partial charge < -0.3 is 28.8 Å². The first-order valence-corrected chi connectivity index (χ1v) is 12.3. The third-order valence-electron chi connectivity index (χ3n) is 6.46. The molecule has 2 aliphatic rings. The molecular formula is C30H30O7. The third-order valence-corrected chi connectivity index (χ3v) is 6.46. The number of hydrogen-bond acceptors (Lipinski definition) is 7. The van der Waals surface area contributed by atoms with Crippen LogP contribution in [-0.2, 0) is 48.3 Å². The van der Waals surface area contributed by atoms with E-state index in [1.165, 1.54) is 6.08 Å². The van der Waals surface area contributed by atoms with Crippen LogP contribution in [0.25, 0.3) is 0 Å². The summed E-state index contributed by atoms with van der Waals surface area (Å²) in [5.74, 6) is -1.61. The van der Waals surface area contributed by atoms with Crippen LogP contribution in [0.2, 0.25) is 0 Å². The highest BCUT2D eigenvalue weighted by Crippen LogP contribution is 2.45. The molecule has 5 atom stereocenters. The Bertz CT molecular complexity index is 1170. The molecule has 0 unspecified atom stereocenters. The van der Waals surface area contributed by atoms with Gasteiger partial charge in [-0.05, 0) is 22.8 Å². The minimum Gasteiger partial charge on any atom is -0.374 e. The second kappa shape index (κ2) is 11.9. The normalized spacial score (nSPS) is 26.9. The summed E-state index contributed by atoms with van der Waals surface area (Å²) in [6, 6.07) is 29.3. The van der Waals surface area contributed by atoms with E-state index >= 15 is 0 Å². The minimum absolute atomic E-state index is 0.164. The molecule has 5 rings (SSSR count). The van der Waals surface area contributed by atoms with Gasteiger partial charge in [0.25, 0.3) is 0 Å². The number of rotatable bonds is 11. The van der Waals surface area contributed by atoms with Gasteiger partial charge in [0.05, 0.1) is 32.0 Å². The summed E-state index contributed by atoms with van der Waals surface area (Å²) in [4.78, 5) is 12.1. The van der Waals surface area contributed by atoms with Gasteiger partial charge in [-0.15, -0.1) is 0 Å². The lowest BCUT2D eigenvalue weighted by molar-refractivity contribution is -0.276. The summed E-state index contributed by atoms with van der Waals surface area (Å²) in [5.41, 5.74) is 3.11. The van der Waals surface area contributed by atoms with Crippen molar-refractivity contribution >= 4 is 6.29 Å². The first kappa shape index (κ1) is 25.5. The lowest BCUT2D eigenvalue weighted by Crippen LogP contribution is -2.48. The molecule has 0 bridgehead atoms. The maximum atomic E-state index is 12.1. The van der Waals surface area contributed by atoms with E-state index in [2.05, 4.69) is 0 Å². The smallest absolute Gasteiger partial charge is 0.230 e. The van der Waals surface area contributed by atoms with E-state index in [0.717, 1.165) is 16.7 Å². The number of aliphatic hydroxyl groups excluding tert-OH is 1. The van der Waals surface area contributed by atoms with Crippen LogP contribution in [0, 0.1) is 0 Å². The lowest BCUT2D eigenvalue weighted by Gasteiger charge is -2.32. The van der Waals surface area contributed by atoms with Gasteiger partial charge >= 0.3 is 0 Å². The van der Waals surface area contributed by atoms with Crippen molar-refractivity contribution in [2.45, 2.75) is 50.2 Å². The molecule has 1 saturated heterocycles. The monoisotopic (exact) mass is 502 g/mol. The molecule has 0 radical (unpaired) electrons. The fourth-order valence-electron chi connectivity index (χ4n) is 4.69. The molecule has 3 aromatic carbocycles. The largest absolute Gasteiger partial charge is 0.374 e. The molecule has 2 heterocycles. The number of carbonyl (C=O) groups is 1. The van der Waals surface area contributed by atoms with Crippen LogP contribution in [0.3, 0.4) is 0 Å². The maximum absolute atomic E-state index is 12.1. The van der Waals surface area contributed by atoms with Gasteiger partial charge in [-0.2, -0.15) is 0 Å². The number of carbonyl (C=O) groups excluding carboxylic acids is 1. The zero-order chi connectivity index (χ0) is 25.5. The highest BCUT2D eigenvalue weighted by atomic mass is 16.8. The number of benzene rings is 3. The van der Waals surface area contributed by atoms with Gasteiger partial charge in [0.1, 0.15) is 18.3 Å². The predicted octanol–water partition coefficient (Wildman–Crippen LogP) is 3.94. The number of aliphatic hydroxyl groups is 1. The van der Waals surface area contributed by atoms with Crippen molar-refractivity contribution in [3.63, 3.8) is 0 Å². The highest BCUT2D eigenvalue weighted by molar-refractivity contribution is 5.77. The second-order valence-corrected chi connectivity index (χ2v) is 9.05. The summed E-state index contributed by atoms with van der Waals surface area (Å²) in [7, 11) is 0. The van der Waals surface area contributed by atoms with Crippen LogP contribution < -0.4 is 0 Å². The van der Waals surface area contributed by atoms with Gasteiger partial charge in [0.15, 0.2) is 12.6 Å². The molecule has 1 fully saturated rings. The van der Waals surface area contributed by atoms with Crippen molar-refractivity contribution < 1.29 is 33.6 Å². The molecular weight excluding hydrogens is 472 g/mol. The molecule has 0 aliphatic carbocycles. The van der Waals surface area contributed by atoms with Crippen LogP contribution in [0.15, 0.2) is 103 Å². The number of aldehydes is 1. The van der Waals surface area contributed by atoms with Crippen molar-refractivity contribution in [1.82, 2.24) is 0 Å². The second-order valence-electron chi connectivity index (χ2n) is 9.05. The Balaban J connectivity index is 1.40. The predicted molar refractivity (Wildman–Crippen MR) is 135 cm³/mol. The van der Waals surface area contributed by atoms with Crippen molar-refractivity contribution in [2.75, 3.05) is 6.61 Å². The Morgan fingerprint density at radius 3 is 1.86 bits per heavy atom. The Hall–Kier alpha value is -3.17. The Morgan fingerprint density at radius 1 is 0.757 bits per heavy atom. The fourth-order valence-corrected chi connectivity index (χ4v) is 4.69. The van der Waals surface area contributed by atoms with Crippen LogP contribution in [0.5, 0.6) is 0 Å². The molecule has 1 spiro atoms. The van der Waals surface area contributed by atoms with Crippen molar-refractivity contribution in [2.24, 2.45) is 0 Å². The van der Waals surface area contributed by atoms with Gasteiger partial charge in [0, 0.05) is 0 Å².